The zero-order valence-corrected chi connectivity index (χ0v) is 15.1. The van der Waals surface area contributed by atoms with Crippen molar-refractivity contribution in [3.63, 3.8) is 0 Å². The van der Waals surface area contributed by atoms with Crippen LogP contribution in [0.2, 0.25) is 25.7 Å². The number of likely N-dealkylation sites (tertiary alicyclic amines) is 1. The normalized spacial score (nSPS) is 30.1. The van der Waals surface area contributed by atoms with Crippen molar-refractivity contribution in [3.8, 4) is 0 Å². The van der Waals surface area contributed by atoms with E-state index in [0.29, 0.717) is 30.4 Å². The van der Waals surface area contributed by atoms with E-state index < -0.39 is 8.07 Å². The summed E-state index contributed by atoms with van der Waals surface area (Å²) >= 11 is 0. The van der Waals surface area contributed by atoms with Crippen molar-refractivity contribution in [2.24, 2.45) is 17.8 Å². The summed E-state index contributed by atoms with van der Waals surface area (Å²) in [6, 6.07) is 1.34. The highest BCUT2D eigenvalue weighted by Gasteiger charge is 2.44. The fourth-order valence-corrected chi connectivity index (χ4v) is 4.53. The summed E-state index contributed by atoms with van der Waals surface area (Å²) in [6.07, 6.45) is 5.70. The van der Waals surface area contributed by atoms with Crippen LogP contribution in [-0.4, -0.2) is 38.3 Å². The fraction of sp³-hybridized carbons (Fsp3) is 0.824. The van der Waals surface area contributed by atoms with Gasteiger partial charge in [-0.3, -0.25) is 0 Å². The predicted octanol–water partition coefficient (Wildman–Crippen LogP) is 4.38. The first-order valence-electron chi connectivity index (χ1n) is 8.38. The number of rotatable bonds is 5. The Hall–Kier alpha value is -0.773. The van der Waals surface area contributed by atoms with Crippen molar-refractivity contribution >= 4 is 14.2 Å². The van der Waals surface area contributed by atoms with E-state index in [9.17, 15) is 4.79 Å². The largest absolute Gasteiger partial charge is 0.450 e. The highest BCUT2D eigenvalue weighted by Crippen LogP contribution is 2.43. The highest BCUT2D eigenvalue weighted by atomic mass is 28.3. The van der Waals surface area contributed by atoms with Crippen molar-refractivity contribution in [1.29, 1.82) is 0 Å². The fourth-order valence-electron chi connectivity index (χ4n) is 3.82. The van der Waals surface area contributed by atoms with E-state index in [4.69, 9.17) is 4.74 Å². The first-order chi connectivity index (χ1) is 9.81. The van der Waals surface area contributed by atoms with E-state index in [2.05, 4.69) is 33.1 Å². The summed E-state index contributed by atoms with van der Waals surface area (Å²) in [4.78, 5) is 14.5. The lowest BCUT2D eigenvalue weighted by atomic mass is 9.83. The molecular formula is C17H31NO2Si. The standard InChI is InChI=1S/C17H31NO2Si/c1-6-13(2)16-15-8-7-14(11-15)12-18(16)17(19)20-9-10-21(3,4)5/h6,13-16H,1,7-12H2,2-5H3/t13-,14-,15+,16-/m0/s1. The molecule has 0 aromatic heterocycles. The van der Waals surface area contributed by atoms with Gasteiger partial charge in [0.25, 0.3) is 0 Å². The molecule has 2 bridgehead atoms. The van der Waals surface area contributed by atoms with Crippen LogP contribution < -0.4 is 0 Å². The average molecular weight is 310 g/mol. The van der Waals surface area contributed by atoms with E-state index in [1.165, 1.54) is 19.3 Å². The molecule has 21 heavy (non-hydrogen) atoms. The van der Waals surface area contributed by atoms with Crippen LogP contribution in [0.3, 0.4) is 0 Å². The predicted molar refractivity (Wildman–Crippen MR) is 90.2 cm³/mol. The quantitative estimate of drug-likeness (QED) is 0.557. The smallest absolute Gasteiger partial charge is 0.410 e. The number of nitrogens with zero attached hydrogens (tertiary/aromatic N) is 1. The average Bonchev–Trinajstić information content (AvgIpc) is 2.78. The van der Waals surface area contributed by atoms with E-state index in [1.54, 1.807) is 0 Å². The van der Waals surface area contributed by atoms with Crippen LogP contribution in [0.25, 0.3) is 0 Å². The summed E-state index contributed by atoms with van der Waals surface area (Å²) in [5.41, 5.74) is 0. The van der Waals surface area contributed by atoms with Gasteiger partial charge >= 0.3 is 6.09 Å². The van der Waals surface area contributed by atoms with Crippen LogP contribution in [0.15, 0.2) is 12.7 Å². The number of amides is 1. The minimum atomic E-state index is -1.15. The SMILES string of the molecule is C=C[C@H](C)[C@H]1[C@@H]2CC[C@@H](C2)CN1C(=O)OCC[Si](C)(C)C. The van der Waals surface area contributed by atoms with Gasteiger partial charge in [0, 0.05) is 20.7 Å². The molecule has 120 valence electrons. The Morgan fingerprint density at radius 3 is 2.76 bits per heavy atom. The highest BCUT2D eigenvalue weighted by molar-refractivity contribution is 6.76. The number of carbonyl (C=O) groups is 1. The second kappa shape index (κ2) is 6.55. The number of hydrogen-bond donors (Lipinski definition) is 0. The van der Waals surface area contributed by atoms with Crippen molar-refractivity contribution in [2.75, 3.05) is 13.2 Å². The van der Waals surface area contributed by atoms with Gasteiger partial charge < -0.3 is 9.64 Å². The minimum absolute atomic E-state index is 0.0939. The lowest BCUT2D eigenvalue weighted by Crippen LogP contribution is -2.51. The van der Waals surface area contributed by atoms with E-state index in [-0.39, 0.29) is 6.09 Å². The van der Waals surface area contributed by atoms with Crippen molar-refractivity contribution in [2.45, 2.75) is 57.9 Å². The maximum absolute atomic E-state index is 12.5. The van der Waals surface area contributed by atoms with Gasteiger partial charge in [-0.15, -0.1) is 6.58 Å². The second-order valence-electron chi connectivity index (χ2n) is 8.10. The van der Waals surface area contributed by atoms with Gasteiger partial charge in [0.2, 0.25) is 0 Å². The lowest BCUT2D eigenvalue weighted by molar-refractivity contribution is 0.0424. The van der Waals surface area contributed by atoms with Crippen molar-refractivity contribution in [1.82, 2.24) is 4.90 Å². The molecule has 0 aromatic rings. The van der Waals surface area contributed by atoms with Gasteiger partial charge in [-0.25, -0.2) is 4.79 Å². The second-order valence-corrected chi connectivity index (χ2v) is 13.7. The molecule has 1 amide bonds. The molecule has 3 nitrogen and oxygen atoms in total. The zero-order valence-electron chi connectivity index (χ0n) is 14.1. The van der Waals surface area contributed by atoms with Crippen LogP contribution in [0.5, 0.6) is 0 Å². The Bertz CT molecular complexity index is 391. The molecule has 0 aromatic carbocycles. The summed E-state index contributed by atoms with van der Waals surface area (Å²) < 4.78 is 5.59. The number of fused-ring (bicyclic) bond motifs is 2. The number of hydrogen-bond acceptors (Lipinski definition) is 2. The van der Waals surface area contributed by atoms with Crippen LogP contribution in [-0.2, 0) is 4.74 Å². The molecule has 4 atom stereocenters. The molecular weight excluding hydrogens is 278 g/mol. The molecule has 0 radical (unpaired) electrons. The van der Waals surface area contributed by atoms with Gasteiger partial charge in [0.15, 0.2) is 0 Å². The maximum atomic E-state index is 12.5. The van der Waals surface area contributed by atoms with Gasteiger partial charge in [-0.2, -0.15) is 0 Å². The Balaban J connectivity index is 1.98. The molecule has 1 saturated carbocycles. The summed E-state index contributed by atoms with van der Waals surface area (Å²) in [5.74, 6) is 1.67. The van der Waals surface area contributed by atoms with E-state index in [0.717, 1.165) is 12.6 Å². The van der Waals surface area contributed by atoms with Crippen LogP contribution in [0, 0.1) is 17.8 Å². The summed E-state index contributed by atoms with van der Waals surface area (Å²) in [6.45, 7) is 14.5. The molecule has 4 heteroatoms. The number of carbonyl (C=O) groups excluding carboxylic acids is 1. The Kier molecular flexibility index (Phi) is 5.18. The van der Waals surface area contributed by atoms with Crippen molar-refractivity contribution in [3.05, 3.63) is 12.7 Å². The molecule has 1 aliphatic heterocycles. The molecule has 0 spiro atoms. The molecule has 2 fully saturated rings. The summed E-state index contributed by atoms with van der Waals surface area (Å²) in [5, 5.41) is 0. The first-order valence-corrected chi connectivity index (χ1v) is 12.1. The van der Waals surface area contributed by atoms with E-state index >= 15 is 0 Å². The van der Waals surface area contributed by atoms with E-state index in [1.807, 2.05) is 11.0 Å². The maximum Gasteiger partial charge on any atom is 0.410 e. The lowest BCUT2D eigenvalue weighted by Gasteiger charge is -2.42. The Morgan fingerprint density at radius 2 is 2.14 bits per heavy atom. The van der Waals surface area contributed by atoms with Gasteiger partial charge in [0.1, 0.15) is 0 Å². The molecule has 1 saturated heterocycles. The van der Waals surface area contributed by atoms with Crippen LogP contribution >= 0.6 is 0 Å². The topological polar surface area (TPSA) is 29.5 Å². The molecule has 0 unspecified atom stereocenters. The third-order valence-corrected chi connectivity index (χ3v) is 6.81. The molecule has 0 N–H and O–H groups in total. The van der Waals surface area contributed by atoms with Crippen LogP contribution in [0.4, 0.5) is 4.79 Å². The number of piperidine rings is 1. The van der Waals surface area contributed by atoms with Crippen LogP contribution in [0.1, 0.15) is 26.2 Å². The Morgan fingerprint density at radius 1 is 1.43 bits per heavy atom. The monoisotopic (exact) mass is 309 g/mol. The molecule has 1 aliphatic carbocycles. The van der Waals surface area contributed by atoms with Gasteiger partial charge in [-0.1, -0.05) is 32.6 Å². The minimum Gasteiger partial charge on any atom is -0.450 e. The number of ether oxygens (including phenoxy) is 1. The zero-order chi connectivity index (χ0) is 15.6. The summed E-state index contributed by atoms with van der Waals surface area (Å²) in [7, 11) is -1.15. The molecule has 1 heterocycles. The Labute approximate surface area is 130 Å². The molecule has 2 aliphatic rings. The van der Waals surface area contributed by atoms with Crippen molar-refractivity contribution < 1.29 is 9.53 Å². The molecule has 2 rings (SSSR count). The first kappa shape index (κ1) is 16.6. The van der Waals surface area contributed by atoms with Gasteiger partial charge in [0.05, 0.1) is 6.61 Å². The third kappa shape index (κ3) is 4.12. The van der Waals surface area contributed by atoms with Gasteiger partial charge in [-0.05, 0) is 43.1 Å². The third-order valence-electron chi connectivity index (χ3n) is 5.10.